The molecule has 1 rings (SSSR count). The number of rotatable bonds is 4. The third-order valence-electron chi connectivity index (χ3n) is 3.21. The van der Waals surface area contributed by atoms with Gasteiger partial charge >= 0.3 is 18.0 Å². The fourth-order valence-corrected chi connectivity index (χ4v) is 2.10. The van der Waals surface area contributed by atoms with E-state index in [0.29, 0.717) is 0 Å². The molecule has 0 aliphatic carbocycles. The highest BCUT2D eigenvalue weighted by Gasteiger charge is 2.41. The number of methoxy groups -OCH3 is 1. The van der Waals surface area contributed by atoms with Gasteiger partial charge in [-0.05, 0) is 13.8 Å². The van der Waals surface area contributed by atoms with Crippen LogP contribution in [0.1, 0.15) is 20.3 Å². The first-order valence-electron chi connectivity index (χ1n) is 6.32. The van der Waals surface area contributed by atoms with Crippen molar-refractivity contribution in [3.8, 4) is 0 Å². The lowest BCUT2D eigenvalue weighted by atomic mass is 10.2. The summed E-state index contributed by atoms with van der Waals surface area (Å²) in [5.41, 5.74) is 0. The van der Waals surface area contributed by atoms with Gasteiger partial charge in [-0.25, -0.2) is 9.59 Å². The molecular formula is C12H20N2O6. The number of carbonyl (C=O) groups excluding carboxylic acids is 2. The summed E-state index contributed by atoms with van der Waals surface area (Å²) in [6, 6.07) is -1.96. The number of amides is 2. The summed E-state index contributed by atoms with van der Waals surface area (Å²) in [6.45, 7) is 3.11. The largest absolute Gasteiger partial charge is 0.480 e. The number of carbonyl (C=O) groups is 3. The molecule has 0 aromatic heterocycles. The third kappa shape index (κ3) is 3.60. The van der Waals surface area contributed by atoms with Crippen LogP contribution in [-0.4, -0.2) is 76.4 Å². The first-order valence-corrected chi connectivity index (χ1v) is 6.32. The lowest BCUT2D eigenvalue weighted by Gasteiger charge is -2.32. The van der Waals surface area contributed by atoms with Gasteiger partial charge in [-0.2, -0.15) is 0 Å². The molecule has 0 spiro atoms. The fourth-order valence-electron chi connectivity index (χ4n) is 2.10. The van der Waals surface area contributed by atoms with Crippen LogP contribution in [0.2, 0.25) is 0 Å². The van der Waals surface area contributed by atoms with E-state index < -0.39 is 30.1 Å². The van der Waals surface area contributed by atoms with Gasteiger partial charge in [0.05, 0.1) is 13.2 Å². The molecule has 1 aliphatic rings. The van der Waals surface area contributed by atoms with Crippen LogP contribution in [-0.2, 0) is 14.3 Å². The van der Waals surface area contributed by atoms with Gasteiger partial charge in [-0.1, -0.05) is 0 Å². The molecule has 8 nitrogen and oxygen atoms in total. The van der Waals surface area contributed by atoms with Crippen molar-refractivity contribution in [2.24, 2.45) is 0 Å². The molecule has 2 N–H and O–H groups in total. The molecule has 8 heteroatoms. The molecule has 1 heterocycles. The normalized spacial score (nSPS) is 21.9. The van der Waals surface area contributed by atoms with E-state index in [1.165, 1.54) is 12.0 Å². The van der Waals surface area contributed by atoms with Crippen LogP contribution in [0, 0.1) is 0 Å². The van der Waals surface area contributed by atoms with E-state index >= 15 is 0 Å². The molecule has 0 saturated carbocycles. The molecule has 114 valence electrons. The predicted molar refractivity (Wildman–Crippen MR) is 68.0 cm³/mol. The summed E-state index contributed by atoms with van der Waals surface area (Å²) >= 11 is 0. The average Bonchev–Trinajstić information content (AvgIpc) is 2.76. The van der Waals surface area contributed by atoms with Gasteiger partial charge in [0.25, 0.3) is 0 Å². The Hall–Kier alpha value is -1.83. The number of hydrogen-bond acceptors (Lipinski definition) is 5. The third-order valence-corrected chi connectivity index (χ3v) is 3.21. The zero-order valence-corrected chi connectivity index (χ0v) is 11.8. The number of likely N-dealkylation sites (tertiary alicyclic amines) is 1. The minimum atomic E-state index is -1.17. The Morgan fingerprint density at radius 3 is 2.45 bits per heavy atom. The highest BCUT2D eigenvalue weighted by Crippen LogP contribution is 2.20. The van der Waals surface area contributed by atoms with E-state index in [2.05, 4.69) is 4.74 Å². The Balaban J connectivity index is 2.88. The number of ether oxygens (including phenoxy) is 1. The first-order chi connectivity index (χ1) is 9.27. The van der Waals surface area contributed by atoms with Gasteiger partial charge in [0, 0.05) is 19.0 Å². The highest BCUT2D eigenvalue weighted by molar-refractivity contribution is 5.86. The second-order valence-corrected chi connectivity index (χ2v) is 4.98. The van der Waals surface area contributed by atoms with E-state index in [1.54, 1.807) is 13.8 Å². The lowest BCUT2D eigenvalue weighted by molar-refractivity contribution is -0.142. The van der Waals surface area contributed by atoms with E-state index in [0.717, 1.165) is 4.90 Å². The van der Waals surface area contributed by atoms with Crippen LogP contribution >= 0.6 is 0 Å². The van der Waals surface area contributed by atoms with Gasteiger partial charge in [0.2, 0.25) is 0 Å². The van der Waals surface area contributed by atoms with Crippen molar-refractivity contribution in [1.82, 2.24) is 9.80 Å². The number of esters is 1. The van der Waals surface area contributed by atoms with Gasteiger partial charge in [-0.15, -0.1) is 0 Å². The summed E-state index contributed by atoms with van der Waals surface area (Å²) in [6.07, 6.45) is -0.877. The number of aliphatic hydroxyl groups excluding tert-OH is 1. The molecule has 0 bridgehead atoms. The summed E-state index contributed by atoms with van der Waals surface area (Å²) in [4.78, 5) is 37.1. The number of carboxylic acid groups (broad SMARTS) is 1. The maximum absolute atomic E-state index is 12.4. The van der Waals surface area contributed by atoms with Crippen LogP contribution < -0.4 is 0 Å². The van der Waals surface area contributed by atoms with E-state index in [4.69, 9.17) is 5.11 Å². The number of aliphatic hydroxyl groups is 1. The van der Waals surface area contributed by atoms with Crippen molar-refractivity contribution in [1.29, 1.82) is 0 Å². The average molecular weight is 288 g/mol. The number of hydrogen-bond donors (Lipinski definition) is 2. The van der Waals surface area contributed by atoms with Crippen molar-refractivity contribution in [2.75, 3.05) is 20.2 Å². The molecular weight excluding hydrogens is 268 g/mol. The Morgan fingerprint density at radius 1 is 1.40 bits per heavy atom. The zero-order chi connectivity index (χ0) is 15.4. The number of nitrogens with zero attached hydrogens (tertiary/aromatic N) is 2. The smallest absolute Gasteiger partial charge is 0.326 e. The van der Waals surface area contributed by atoms with Gasteiger partial charge < -0.3 is 24.7 Å². The standard InChI is InChI=1S/C12H20N2O6/c1-7(2)13(6-10(16)20-3)12(19)14-5-8(15)4-9(14)11(17)18/h7-9,15H,4-6H2,1-3H3,(H,17,18). The van der Waals surface area contributed by atoms with E-state index in [9.17, 15) is 19.5 Å². The highest BCUT2D eigenvalue weighted by atomic mass is 16.5. The second-order valence-electron chi connectivity index (χ2n) is 4.98. The zero-order valence-electron chi connectivity index (χ0n) is 11.8. The van der Waals surface area contributed by atoms with Crippen molar-refractivity contribution in [3.63, 3.8) is 0 Å². The van der Waals surface area contributed by atoms with Gasteiger partial charge in [0.1, 0.15) is 12.6 Å². The SMILES string of the molecule is COC(=O)CN(C(=O)N1CC(O)CC1C(=O)O)C(C)C. The summed E-state index contributed by atoms with van der Waals surface area (Å²) < 4.78 is 4.52. The number of aliphatic carboxylic acids is 1. The Labute approximate surface area is 116 Å². The molecule has 0 aromatic carbocycles. The molecule has 0 radical (unpaired) electrons. The second kappa shape index (κ2) is 6.56. The van der Waals surface area contributed by atoms with Crippen LogP contribution in [0.5, 0.6) is 0 Å². The van der Waals surface area contributed by atoms with Crippen molar-refractivity contribution in [3.05, 3.63) is 0 Å². The molecule has 1 aliphatic heterocycles. The maximum atomic E-state index is 12.4. The van der Waals surface area contributed by atoms with Crippen LogP contribution in [0.3, 0.4) is 0 Å². The molecule has 20 heavy (non-hydrogen) atoms. The predicted octanol–water partition coefficient (Wildman–Crippen LogP) is -0.490. The van der Waals surface area contributed by atoms with Gasteiger partial charge in [-0.3, -0.25) is 4.79 Å². The Kier molecular flexibility index (Phi) is 5.32. The molecule has 1 fully saturated rings. The van der Waals surface area contributed by atoms with Crippen LogP contribution in [0.25, 0.3) is 0 Å². The maximum Gasteiger partial charge on any atom is 0.326 e. The molecule has 0 aromatic rings. The quantitative estimate of drug-likeness (QED) is 0.676. The van der Waals surface area contributed by atoms with Gasteiger partial charge in [0.15, 0.2) is 0 Å². The van der Waals surface area contributed by atoms with Crippen LogP contribution in [0.4, 0.5) is 4.79 Å². The van der Waals surface area contributed by atoms with Crippen molar-refractivity contribution in [2.45, 2.75) is 38.5 Å². The summed E-state index contributed by atoms with van der Waals surface area (Å²) in [5.74, 6) is -1.75. The Morgan fingerprint density at radius 2 is 2.00 bits per heavy atom. The fraction of sp³-hybridized carbons (Fsp3) is 0.750. The molecule has 2 atom stereocenters. The minimum Gasteiger partial charge on any atom is -0.480 e. The number of urea groups is 1. The molecule has 1 saturated heterocycles. The van der Waals surface area contributed by atoms with Crippen molar-refractivity contribution >= 4 is 18.0 Å². The Bertz CT molecular complexity index is 397. The molecule has 2 unspecified atom stereocenters. The monoisotopic (exact) mass is 288 g/mol. The van der Waals surface area contributed by atoms with E-state index in [-0.39, 0.29) is 25.6 Å². The lowest BCUT2D eigenvalue weighted by Crippen LogP contribution is -2.52. The number of β-amino-alcohol motifs (C(OH)–C–C–N with tert-alkyl or cyclic N) is 1. The first kappa shape index (κ1) is 16.2. The summed E-state index contributed by atoms with van der Waals surface area (Å²) in [5, 5.41) is 18.6. The summed E-state index contributed by atoms with van der Waals surface area (Å²) in [7, 11) is 1.21. The molecule has 2 amide bonds. The minimum absolute atomic E-state index is 0.00870. The van der Waals surface area contributed by atoms with E-state index in [1.807, 2.05) is 0 Å². The number of carboxylic acids is 1. The van der Waals surface area contributed by atoms with Crippen LogP contribution in [0.15, 0.2) is 0 Å². The topological polar surface area (TPSA) is 107 Å². The van der Waals surface area contributed by atoms with Crippen molar-refractivity contribution < 1.29 is 29.3 Å².